The van der Waals surface area contributed by atoms with Crippen molar-refractivity contribution in [2.75, 3.05) is 13.1 Å². The summed E-state index contributed by atoms with van der Waals surface area (Å²) in [6.45, 7) is 3.29. The number of nitrogens with one attached hydrogen (secondary N) is 1. The van der Waals surface area contributed by atoms with Crippen LogP contribution in [-0.2, 0) is 17.9 Å². The highest BCUT2D eigenvalue weighted by atomic mass is 16.5. The third-order valence-electron chi connectivity index (χ3n) is 4.37. The summed E-state index contributed by atoms with van der Waals surface area (Å²) in [6.07, 6.45) is 1.61. The zero-order chi connectivity index (χ0) is 16.6. The largest absolute Gasteiger partial charge is 0.445 e. The first-order valence-electron chi connectivity index (χ1n) is 8.53. The minimum Gasteiger partial charge on any atom is -0.445 e. The van der Waals surface area contributed by atoms with Gasteiger partial charge in [-0.3, -0.25) is 4.90 Å². The molecule has 0 atom stereocenters. The van der Waals surface area contributed by atoms with Gasteiger partial charge in [-0.2, -0.15) is 0 Å². The van der Waals surface area contributed by atoms with Crippen molar-refractivity contribution in [2.24, 2.45) is 0 Å². The Morgan fingerprint density at radius 1 is 0.958 bits per heavy atom. The molecule has 0 bridgehead atoms. The molecule has 1 N–H and O–H groups in total. The smallest absolute Gasteiger partial charge is 0.407 e. The van der Waals surface area contributed by atoms with E-state index in [2.05, 4.69) is 34.5 Å². The fourth-order valence-electron chi connectivity index (χ4n) is 3.01. The molecule has 1 amide bonds. The number of carbonyl (C=O) groups excluding carboxylic acids is 1. The summed E-state index contributed by atoms with van der Waals surface area (Å²) in [4.78, 5) is 14.3. The van der Waals surface area contributed by atoms with E-state index in [-0.39, 0.29) is 12.1 Å². The van der Waals surface area contributed by atoms with E-state index in [1.807, 2.05) is 36.4 Å². The fraction of sp³-hybridized carbons (Fsp3) is 0.350. The normalized spacial score (nSPS) is 15.8. The van der Waals surface area contributed by atoms with Crippen LogP contribution in [0.5, 0.6) is 0 Å². The lowest BCUT2D eigenvalue weighted by Crippen LogP contribution is -2.44. The van der Waals surface area contributed by atoms with Crippen LogP contribution in [0.1, 0.15) is 24.0 Å². The number of alkyl carbamates (subject to hydrolysis) is 1. The van der Waals surface area contributed by atoms with Gasteiger partial charge in [0.25, 0.3) is 0 Å². The highest BCUT2D eigenvalue weighted by Crippen LogP contribution is 2.14. The Bertz CT molecular complexity index is 623. The van der Waals surface area contributed by atoms with E-state index in [4.69, 9.17) is 4.74 Å². The van der Waals surface area contributed by atoms with Crippen LogP contribution in [0.15, 0.2) is 60.7 Å². The van der Waals surface area contributed by atoms with Gasteiger partial charge in [-0.1, -0.05) is 60.7 Å². The number of benzene rings is 2. The SMILES string of the molecule is O=C(NC1CCN(Cc2ccccc2)CC1)OCc1ccccc1. The van der Waals surface area contributed by atoms with Crippen LogP contribution in [0, 0.1) is 0 Å². The molecule has 2 aromatic carbocycles. The molecule has 0 aliphatic carbocycles. The molecule has 0 aromatic heterocycles. The lowest BCUT2D eigenvalue weighted by Gasteiger charge is -2.32. The van der Waals surface area contributed by atoms with Crippen LogP contribution in [0.2, 0.25) is 0 Å². The number of rotatable bonds is 5. The van der Waals surface area contributed by atoms with Crippen molar-refractivity contribution in [2.45, 2.75) is 32.0 Å². The van der Waals surface area contributed by atoms with Crippen molar-refractivity contribution in [1.82, 2.24) is 10.2 Å². The molecular formula is C20H24N2O2. The van der Waals surface area contributed by atoms with Crippen molar-refractivity contribution >= 4 is 6.09 Å². The molecule has 126 valence electrons. The third kappa shape index (κ3) is 5.10. The van der Waals surface area contributed by atoms with Gasteiger partial charge in [0.05, 0.1) is 0 Å². The second-order valence-electron chi connectivity index (χ2n) is 6.24. The Labute approximate surface area is 143 Å². The highest BCUT2D eigenvalue weighted by molar-refractivity contribution is 5.67. The maximum Gasteiger partial charge on any atom is 0.407 e. The van der Waals surface area contributed by atoms with Crippen LogP contribution in [0.25, 0.3) is 0 Å². The minimum atomic E-state index is -0.319. The van der Waals surface area contributed by atoms with Gasteiger partial charge in [0.15, 0.2) is 0 Å². The van der Waals surface area contributed by atoms with Gasteiger partial charge in [-0.25, -0.2) is 4.79 Å². The standard InChI is InChI=1S/C20H24N2O2/c23-20(24-16-18-9-5-2-6-10-18)21-19-11-13-22(14-12-19)15-17-7-3-1-4-8-17/h1-10,19H,11-16H2,(H,21,23). The van der Waals surface area contributed by atoms with Gasteiger partial charge in [0.2, 0.25) is 0 Å². The van der Waals surface area contributed by atoms with Crippen LogP contribution < -0.4 is 5.32 Å². The number of carbonyl (C=O) groups is 1. The molecule has 1 aliphatic rings. The maximum atomic E-state index is 11.9. The highest BCUT2D eigenvalue weighted by Gasteiger charge is 2.21. The Hall–Kier alpha value is -2.33. The lowest BCUT2D eigenvalue weighted by atomic mass is 10.0. The summed E-state index contributed by atoms with van der Waals surface area (Å²) < 4.78 is 5.29. The number of hydrogen-bond donors (Lipinski definition) is 1. The molecule has 2 aromatic rings. The minimum absolute atomic E-state index is 0.209. The molecule has 3 rings (SSSR count). The first-order chi connectivity index (χ1) is 11.8. The summed E-state index contributed by atoms with van der Waals surface area (Å²) in [5, 5.41) is 2.99. The van der Waals surface area contributed by atoms with Crippen LogP contribution >= 0.6 is 0 Å². The van der Waals surface area contributed by atoms with E-state index in [0.717, 1.165) is 38.0 Å². The average Bonchev–Trinajstić information content (AvgIpc) is 2.63. The van der Waals surface area contributed by atoms with Gasteiger partial charge in [-0.15, -0.1) is 0 Å². The molecule has 1 heterocycles. The molecule has 0 radical (unpaired) electrons. The predicted octanol–water partition coefficient (Wildman–Crippen LogP) is 3.58. The van der Waals surface area contributed by atoms with Gasteiger partial charge in [0, 0.05) is 25.7 Å². The molecule has 0 spiro atoms. The number of nitrogens with zero attached hydrogens (tertiary/aromatic N) is 1. The van der Waals surface area contributed by atoms with Crippen LogP contribution in [-0.4, -0.2) is 30.1 Å². The molecule has 0 saturated carbocycles. The molecule has 1 saturated heterocycles. The van der Waals surface area contributed by atoms with E-state index in [1.54, 1.807) is 0 Å². The summed E-state index contributed by atoms with van der Waals surface area (Å²) in [5.41, 5.74) is 2.34. The van der Waals surface area contributed by atoms with Crippen LogP contribution in [0.4, 0.5) is 4.79 Å². The number of hydrogen-bond acceptors (Lipinski definition) is 3. The van der Waals surface area contributed by atoms with Crippen LogP contribution in [0.3, 0.4) is 0 Å². The summed E-state index contributed by atoms with van der Waals surface area (Å²) in [7, 11) is 0. The van der Waals surface area contributed by atoms with Gasteiger partial charge < -0.3 is 10.1 Å². The molecule has 1 aliphatic heterocycles. The van der Waals surface area contributed by atoms with E-state index in [1.165, 1.54) is 5.56 Å². The Morgan fingerprint density at radius 3 is 2.17 bits per heavy atom. The molecule has 4 heteroatoms. The van der Waals surface area contributed by atoms with E-state index >= 15 is 0 Å². The predicted molar refractivity (Wildman–Crippen MR) is 94.5 cm³/mol. The topological polar surface area (TPSA) is 41.6 Å². The zero-order valence-corrected chi connectivity index (χ0v) is 13.9. The Morgan fingerprint density at radius 2 is 1.54 bits per heavy atom. The third-order valence-corrected chi connectivity index (χ3v) is 4.37. The number of piperidine rings is 1. The van der Waals surface area contributed by atoms with Crippen molar-refractivity contribution in [3.63, 3.8) is 0 Å². The maximum absolute atomic E-state index is 11.9. The fourth-order valence-corrected chi connectivity index (χ4v) is 3.01. The number of ether oxygens (including phenoxy) is 1. The van der Waals surface area contributed by atoms with Gasteiger partial charge in [0.1, 0.15) is 6.61 Å². The molecular weight excluding hydrogens is 300 g/mol. The van der Waals surface area contributed by atoms with Crippen molar-refractivity contribution in [3.05, 3.63) is 71.8 Å². The first-order valence-corrected chi connectivity index (χ1v) is 8.53. The van der Waals surface area contributed by atoms with E-state index in [9.17, 15) is 4.79 Å². The van der Waals surface area contributed by atoms with E-state index < -0.39 is 0 Å². The Kier molecular flexibility index (Phi) is 5.85. The average molecular weight is 324 g/mol. The van der Waals surface area contributed by atoms with Gasteiger partial charge >= 0.3 is 6.09 Å². The second kappa shape index (κ2) is 8.50. The summed E-state index contributed by atoms with van der Waals surface area (Å²) in [5.74, 6) is 0. The molecule has 4 nitrogen and oxygen atoms in total. The molecule has 0 unspecified atom stereocenters. The van der Waals surface area contributed by atoms with Crippen molar-refractivity contribution < 1.29 is 9.53 Å². The summed E-state index contributed by atoms with van der Waals surface area (Å²) in [6, 6.07) is 20.5. The number of likely N-dealkylation sites (tertiary alicyclic amines) is 1. The Balaban J connectivity index is 1.36. The second-order valence-corrected chi connectivity index (χ2v) is 6.24. The lowest BCUT2D eigenvalue weighted by molar-refractivity contribution is 0.125. The number of amides is 1. The van der Waals surface area contributed by atoms with Crippen molar-refractivity contribution in [1.29, 1.82) is 0 Å². The van der Waals surface area contributed by atoms with Gasteiger partial charge in [-0.05, 0) is 24.0 Å². The molecule has 1 fully saturated rings. The van der Waals surface area contributed by atoms with Crippen molar-refractivity contribution in [3.8, 4) is 0 Å². The monoisotopic (exact) mass is 324 g/mol. The quantitative estimate of drug-likeness (QED) is 0.914. The van der Waals surface area contributed by atoms with E-state index in [0.29, 0.717) is 6.61 Å². The first kappa shape index (κ1) is 16.5. The zero-order valence-electron chi connectivity index (χ0n) is 13.9. The summed E-state index contributed by atoms with van der Waals surface area (Å²) >= 11 is 0. The molecule has 24 heavy (non-hydrogen) atoms.